The van der Waals surface area contributed by atoms with Crippen molar-refractivity contribution >= 4 is 44.6 Å². The van der Waals surface area contributed by atoms with E-state index < -0.39 is 0 Å². The van der Waals surface area contributed by atoms with Gasteiger partial charge in [-0.3, -0.25) is 0 Å². The maximum Gasteiger partial charge on any atom is 0.0730 e. The zero-order chi connectivity index (χ0) is 15.8. The fraction of sp³-hybridized carbons (Fsp3) is 0. The van der Waals surface area contributed by atoms with Gasteiger partial charge in [0.05, 0.1) is 16.7 Å². The predicted molar refractivity (Wildman–Crippen MR) is 97.8 cm³/mol. The van der Waals surface area contributed by atoms with Crippen molar-refractivity contribution in [3.63, 3.8) is 0 Å². The average Bonchev–Trinajstić information content (AvgIpc) is 2.54. The van der Waals surface area contributed by atoms with Crippen LogP contribution >= 0.6 is 0 Å². The van der Waals surface area contributed by atoms with E-state index in [0.717, 1.165) is 33.2 Å². The summed E-state index contributed by atoms with van der Waals surface area (Å²) in [6, 6.07) is 21.7. The molecular weight excluding hydrogens is 284 g/mol. The Kier molecular flexibility index (Phi) is 3.01. The summed E-state index contributed by atoms with van der Waals surface area (Å²) in [5.74, 6) is 0. The van der Waals surface area contributed by atoms with Crippen molar-refractivity contribution < 1.29 is 0 Å². The molecule has 0 unspecified atom stereocenters. The molecule has 0 radical (unpaired) electrons. The first-order valence-electron chi connectivity index (χ1n) is 7.41. The molecule has 0 amide bonds. The van der Waals surface area contributed by atoms with Gasteiger partial charge in [0.25, 0.3) is 0 Å². The Balaban J connectivity index is 1.99. The second-order valence-corrected chi connectivity index (χ2v) is 5.53. The van der Waals surface area contributed by atoms with Gasteiger partial charge in [-0.1, -0.05) is 36.4 Å². The standard InChI is InChI=1S/C19H16N4/c20-12-9-13(21)11-14(10-12)22-19-15-5-1-3-7-17(15)23-18-8-4-2-6-16(18)19/h1-11H,20-21H2,(H,22,23). The number of nitrogens with one attached hydrogen (secondary N) is 1. The maximum atomic E-state index is 5.91. The molecule has 0 aliphatic rings. The lowest BCUT2D eigenvalue weighted by Crippen LogP contribution is -1.98. The van der Waals surface area contributed by atoms with Crippen LogP contribution in [0.25, 0.3) is 21.8 Å². The minimum absolute atomic E-state index is 0.634. The number of rotatable bonds is 2. The fourth-order valence-electron chi connectivity index (χ4n) is 2.87. The highest BCUT2D eigenvalue weighted by molar-refractivity contribution is 6.08. The average molecular weight is 300 g/mol. The molecule has 0 fully saturated rings. The first kappa shape index (κ1) is 13.4. The van der Waals surface area contributed by atoms with Crippen LogP contribution in [-0.4, -0.2) is 4.98 Å². The topological polar surface area (TPSA) is 77.0 Å². The minimum Gasteiger partial charge on any atom is -0.399 e. The van der Waals surface area contributed by atoms with E-state index >= 15 is 0 Å². The number of nitrogens with zero attached hydrogens (tertiary/aromatic N) is 1. The van der Waals surface area contributed by atoms with Crippen LogP contribution in [-0.2, 0) is 0 Å². The number of fused-ring (bicyclic) bond motifs is 2. The van der Waals surface area contributed by atoms with E-state index in [-0.39, 0.29) is 0 Å². The van der Waals surface area contributed by atoms with Crippen LogP contribution in [0.4, 0.5) is 22.7 Å². The van der Waals surface area contributed by atoms with Crippen molar-refractivity contribution in [1.29, 1.82) is 0 Å². The molecule has 0 saturated heterocycles. The van der Waals surface area contributed by atoms with E-state index in [1.807, 2.05) is 48.5 Å². The minimum atomic E-state index is 0.634. The Morgan fingerprint density at radius 2 is 1.22 bits per heavy atom. The van der Waals surface area contributed by atoms with Gasteiger partial charge >= 0.3 is 0 Å². The summed E-state index contributed by atoms with van der Waals surface area (Å²) in [5, 5.41) is 5.60. The number of aromatic nitrogens is 1. The molecule has 4 heteroatoms. The predicted octanol–water partition coefficient (Wildman–Crippen LogP) is 4.30. The van der Waals surface area contributed by atoms with Gasteiger partial charge in [0.2, 0.25) is 0 Å². The summed E-state index contributed by atoms with van der Waals surface area (Å²) >= 11 is 0. The molecule has 3 aromatic carbocycles. The third kappa shape index (κ3) is 2.40. The molecule has 0 bridgehead atoms. The molecule has 0 spiro atoms. The van der Waals surface area contributed by atoms with Crippen molar-refractivity contribution in [3.05, 3.63) is 66.7 Å². The Bertz CT molecular complexity index is 950. The van der Waals surface area contributed by atoms with Gasteiger partial charge in [0.15, 0.2) is 0 Å². The summed E-state index contributed by atoms with van der Waals surface area (Å²) < 4.78 is 0. The molecule has 0 aliphatic carbocycles. The Morgan fingerprint density at radius 1 is 0.696 bits per heavy atom. The van der Waals surface area contributed by atoms with E-state index in [9.17, 15) is 0 Å². The number of para-hydroxylation sites is 2. The van der Waals surface area contributed by atoms with Crippen molar-refractivity contribution in [2.75, 3.05) is 16.8 Å². The van der Waals surface area contributed by atoms with Gasteiger partial charge in [-0.25, -0.2) is 4.98 Å². The molecule has 1 heterocycles. The van der Waals surface area contributed by atoms with Crippen LogP contribution in [0.1, 0.15) is 0 Å². The van der Waals surface area contributed by atoms with Gasteiger partial charge in [0, 0.05) is 27.8 Å². The SMILES string of the molecule is Nc1cc(N)cc(Nc2c3ccccc3nc3ccccc23)c1. The Labute approximate surface area is 133 Å². The van der Waals surface area contributed by atoms with Gasteiger partial charge < -0.3 is 16.8 Å². The van der Waals surface area contributed by atoms with E-state index in [1.54, 1.807) is 6.07 Å². The molecule has 0 aliphatic heterocycles. The maximum absolute atomic E-state index is 5.91. The molecule has 4 nitrogen and oxygen atoms in total. The number of hydrogen-bond donors (Lipinski definition) is 3. The van der Waals surface area contributed by atoms with Gasteiger partial charge in [-0.2, -0.15) is 0 Å². The second-order valence-electron chi connectivity index (χ2n) is 5.53. The van der Waals surface area contributed by atoms with Crippen LogP contribution in [0.5, 0.6) is 0 Å². The first-order chi connectivity index (χ1) is 11.2. The molecule has 0 atom stereocenters. The quantitative estimate of drug-likeness (QED) is 0.381. The van der Waals surface area contributed by atoms with E-state index in [0.29, 0.717) is 11.4 Å². The molecular formula is C19H16N4. The van der Waals surface area contributed by atoms with Crippen molar-refractivity contribution in [1.82, 2.24) is 4.98 Å². The van der Waals surface area contributed by atoms with Gasteiger partial charge in [-0.05, 0) is 30.3 Å². The number of nitrogens with two attached hydrogens (primary N) is 2. The lowest BCUT2D eigenvalue weighted by atomic mass is 10.1. The molecule has 5 N–H and O–H groups in total. The molecule has 0 saturated carbocycles. The Hall–Kier alpha value is -3.27. The zero-order valence-electron chi connectivity index (χ0n) is 12.5. The Morgan fingerprint density at radius 3 is 1.78 bits per heavy atom. The van der Waals surface area contributed by atoms with Gasteiger partial charge in [0.1, 0.15) is 0 Å². The highest BCUT2D eigenvalue weighted by Crippen LogP contribution is 2.33. The molecule has 112 valence electrons. The normalized spacial score (nSPS) is 11.0. The molecule has 4 rings (SSSR count). The van der Waals surface area contributed by atoms with Gasteiger partial charge in [-0.15, -0.1) is 0 Å². The first-order valence-corrected chi connectivity index (χ1v) is 7.41. The number of benzene rings is 3. The second kappa shape index (κ2) is 5.18. The van der Waals surface area contributed by atoms with Crippen LogP contribution in [0.15, 0.2) is 66.7 Å². The van der Waals surface area contributed by atoms with Crippen molar-refractivity contribution in [3.8, 4) is 0 Å². The van der Waals surface area contributed by atoms with Crippen LogP contribution in [0.2, 0.25) is 0 Å². The molecule has 4 aromatic rings. The third-order valence-corrected chi connectivity index (χ3v) is 3.83. The van der Waals surface area contributed by atoms with E-state index in [4.69, 9.17) is 16.5 Å². The smallest absolute Gasteiger partial charge is 0.0730 e. The molecule has 23 heavy (non-hydrogen) atoms. The summed E-state index contributed by atoms with van der Waals surface area (Å²) in [5.41, 5.74) is 16.9. The fourth-order valence-corrected chi connectivity index (χ4v) is 2.87. The highest BCUT2D eigenvalue weighted by atomic mass is 14.9. The third-order valence-electron chi connectivity index (χ3n) is 3.83. The van der Waals surface area contributed by atoms with Crippen LogP contribution in [0.3, 0.4) is 0 Å². The summed E-state index contributed by atoms with van der Waals surface area (Å²) in [6.07, 6.45) is 0. The highest BCUT2D eigenvalue weighted by Gasteiger charge is 2.09. The van der Waals surface area contributed by atoms with E-state index in [1.165, 1.54) is 0 Å². The summed E-state index contributed by atoms with van der Waals surface area (Å²) in [7, 11) is 0. The monoisotopic (exact) mass is 300 g/mol. The number of nitrogen functional groups attached to an aromatic ring is 2. The number of pyridine rings is 1. The van der Waals surface area contributed by atoms with Crippen molar-refractivity contribution in [2.45, 2.75) is 0 Å². The molecule has 1 aromatic heterocycles. The lowest BCUT2D eigenvalue weighted by Gasteiger charge is -2.14. The summed E-state index contributed by atoms with van der Waals surface area (Å²) in [6.45, 7) is 0. The van der Waals surface area contributed by atoms with Crippen LogP contribution in [0, 0.1) is 0 Å². The van der Waals surface area contributed by atoms with E-state index in [2.05, 4.69) is 17.4 Å². The van der Waals surface area contributed by atoms with Crippen molar-refractivity contribution in [2.24, 2.45) is 0 Å². The zero-order valence-corrected chi connectivity index (χ0v) is 12.5. The van der Waals surface area contributed by atoms with Crippen LogP contribution < -0.4 is 16.8 Å². The summed E-state index contributed by atoms with van der Waals surface area (Å²) in [4.78, 5) is 4.73. The lowest BCUT2D eigenvalue weighted by molar-refractivity contribution is 1.48. The number of anilines is 4. The largest absolute Gasteiger partial charge is 0.399 e. The number of hydrogen-bond acceptors (Lipinski definition) is 4.